The number of alkyl halides is 3. The first-order valence-corrected chi connectivity index (χ1v) is 6.72. The lowest BCUT2D eigenvalue weighted by atomic mass is 9.96. The van der Waals surface area contributed by atoms with E-state index >= 15 is 0 Å². The van der Waals surface area contributed by atoms with Gasteiger partial charge < -0.3 is 4.90 Å². The molecule has 1 aromatic rings. The second-order valence-electron chi connectivity index (χ2n) is 4.58. The maximum atomic E-state index is 12.6. The number of nitriles is 1. The summed E-state index contributed by atoms with van der Waals surface area (Å²) < 4.78 is 38.4. The third-order valence-electron chi connectivity index (χ3n) is 3.40. The largest absolute Gasteiger partial charge is 0.391 e. The molecule has 1 heterocycles. The molecule has 0 bridgehead atoms. The summed E-state index contributed by atoms with van der Waals surface area (Å²) in [6.45, 7) is 0.783. The lowest BCUT2D eigenvalue weighted by molar-refractivity contribution is -0.179. The predicted octanol–water partition coefficient (Wildman–Crippen LogP) is 4.10. The molecule has 1 aliphatic heterocycles. The average molecular weight is 333 g/mol. The van der Waals surface area contributed by atoms with E-state index < -0.39 is 12.1 Å². The fraction of sp³-hybridized carbons (Fsp3) is 0.462. The molecule has 0 unspecified atom stereocenters. The van der Waals surface area contributed by atoms with Crippen molar-refractivity contribution >= 4 is 21.6 Å². The molecule has 2 rings (SSSR count). The van der Waals surface area contributed by atoms with Crippen LogP contribution in [0.3, 0.4) is 0 Å². The van der Waals surface area contributed by atoms with Gasteiger partial charge in [-0.2, -0.15) is 18.4 Å². The maximum absolute atomic E-state index is 12.6. The number of halogens is 4. The molecule has 0 radical (unpaired) electrons. The Balaban J connectivity index is 2.06. The summed E-state index contributed by atoms with van der Waals surface area (Å²) >= 11 is 3.29. The Labute approximate surface area is 117 Å². The smallest absolute Gasteiger partial charge is 0.371 e. The summed E-state index contributed by atoms with van der Waals surface area (Å²) in [7, 11) is 0. The van der Waals surface area contributed by atoms with Gasteiger partial charge in [-0.25, -0.2) is 0 Å². The predicted molar refractivity (Wildman–Crippen MR) is 69.8 cm³/mol. The van der Waals surface area contributed by atoms with E-state index in [1.54, 1.807) is 18.2 Å². The van der Waals surface area contributed by atoms with Crippen LogP contribution in [0.5, 0.6) is 0 Å². The van der Waals surface area contributed by atoms with Gasteiger partial charge in [0, 0.05) is 23.2 Å². The van der Waals surface area contributed by atoms with Gasteiger partial charge in [0.1, 0.15) is 6.07 Å². The molecule has 0 N–H and O–H groups in total. The van der Waals surface area contributed by atoms with Gasteiger partial charge in [-0.15, -0.1) is 0 Å². The van der Waals surface area contributed by atoms with Crippen molar-refractivity contribution < 1.29 is 13.2 Å². The second kappa shape index (κ2) is 5.41. The zero-order valence-electron chi connectivity index (χ0n) is 10.0. The lowest BCUT2D eigenvalue weighted by Gasteiger charge is -2.34. The SMILES string of the molecule is N#Cc1ccc(N2CCC(C(F)(F)F)CC2)cc1Br. The molecule has 1 saturated heterocycles. The van der Waals surface area contributed by atoms with Crippen LogP contribution in [0.4, 0.5) is 18.9 Å². The highest BCUT2D eigenvalue weighted by molar-refractivity contribution is 9.10. The lowest BCUT2D eigenvalue weighted by Crippen LogP contribution is -2.39. The van der Waals surface area contributed by atoms with Gasteiger partial charge in [0.15, 0.2) is 0 Å². The summed E-state index contributed by atoms with van der Waals surface area (Å²) in [4.78, 5) is 1.92. The Kier molecular flexibility index (Phi) is 4.04. The van der Waals surface area contributed by atoms with Gasteiger partial charge in [0.05, 0.1) is 11.5 Å². The maximum Gasteiger partial charge on any atom is 0.391 e. The highest BCUT2D eigenvalue weighted by Crippen LogP contribution is 2.35. The zero-order valence-corrected chi connectivity index (χ0v) is 11.6. The fourth-order valence-corrected chi connectivity index (χ4v) is 2.71. The monoisotopic (exact) mass is 332 g/mol. The molecule has 0 amide bonds. The van der Waals surface area contributed by atoms with Gasteiger partial charge in [-0.1, -0.05) is 0 Å². The Morgan fingerprint density at radius 1 is 1.26 bits per heavy atom. The molecule has 0 aromatic heterocycles. The number of benzene rings is 1. The third kappa shape index (κ3) is 3.21. The Hall–Kier alpha value is -1.22. The number of anilines is 1. The van der Waals surface area contributed by atoms with Gasteiger partial charge in [0.2, 0.25) is 0 Å². The minimum absolute atomic E-state index is 0.126. The molecule has 0 saturated carbocycles. The van der Waals surface area contributed by atoms with Crippen LogP contribution in [0.25, 0.3) is 0 Å². The van der Waals surface area contributed by atoms with E-state index in [0.29, 0.717) is 23.1 Å². The summed E-state index contributed by atoms with van der Waals surface area (Å²) in [6.07, 6.45) is -3.83. The van der Waals surface area contributed by atoms with Gasteiger partial charge in [-0.3, -0.25) is 0 Å². The number of rotatable bonds is 1. The van der Waals surface area contributed by atoms with Crippen LogP contribution < -0.4 is 4.90 Å². The molecular formula is C13H12BrF3N2. The van der Waals surface area contributed by atoms with Gasteiger partial charge >= 0.3 is 6.18 Å². The van der Waals surface area contributed by atoms with Crippen LogP contribution in [0.2, 0.25) is 0 Å². The Bertz CT molecular complexity index is 500. The van der Waals surface area contributed by atoms with E-state index in [9.17, 15) is 13.2 Å². The van der Waals surface area contributed by atoms with Gasteiger partial charge in [0.25, 0.3) is 0 Å². The molecular weight excluding hydrogens is 321 g/mol. The molecule has 0 aliphatic carbocycles. The molecule has 6 heteroatoms. The van der Waals surface area contributed by atoms with Crippen LogP contribution >= 0.6 is 15.9 Å². The first kappa shape index (κ1) is 14.2. The molecule has 1 fully saturated rings. The molecule has 0 spiro atoms. The van der Waals surface area contributed by atoms with E-state index in [0.717, 1.165) is 5.69 Å². The Morgan fingerprint density at radius 2 is 1.89 bits per heavy atom. The van der Waals surface area contributed by atoms with Crippen LogP contribution in [0, 0.1) is 17.2 Å². The standard InChI is InChI=1S/C13H12BrF3N2/c14-12-7-11(2-1-9(12)8-18)19-5-3-10(4-6-19)13(15,16)17/h1-2,7,10H,3-6H2. The van der Waals surface area contributed by atoms with Crippen LogP contribution in [0.15, 0.2) is 22.7 Å². The van der Waals surface area contributed by atoms with E-state index in [2.05, 4.69) is 15.9 Å². The van der Waals surface area contributed by atoms with E-state index in [4.69, 9.17) is 5.26 Å². The van der Waals surface area contributed by atoms with Crippen molar-refractivity contribution in [3.05, 3.63) is 28.2 Å². The minimum Gasteiger partial charge on any atom is -0.371 e. The van der Waals surface area contributed by atoms with E-state index in [1.807, 2.05) is 11.0 Å². The first-order valence-electron chi connectivity index (χ1n) is 5.93. The second-order valence-corrected chi connectivity index (χ2v) is 5.43. The molecule has 102 valence electrons. The van der Waals surface area contributed by atoms with Crippen LogP contribution in [-0.2, 0) is 0 Å². The first-order chi connectivity index (χ1) is 8.91. The molecule has 1 aliphatic rings. The topological polar surface area (TPSA) is 27.0 Å². The third-order valence-corrected chi connectivity index (χ3v) is 4.05. The van der Waals surface area contributed by atoms with Crippen molar-refractivity contribution in [2.45, 2.75) is 19.0 Å². The number of piperidine rings is 1. The highest BCUT2D eigenvalue weighted by Gasteiger charge is 2.41. The van der Waals surface area contributed by atoms with Gasteiger partial charge in [-0.05, 0) is 47.0 Å². The quantitative estimate of drug-likeness (QED) is 0.774. The van der Waals surface area contributed by atoms with E-state index in [1.165, 1.54) is 0 Å². The minimum atomic E-state index is -4.09. The van der Waals surface area contributed by atoms with Crippen molar-refractivity contribution in [1.82, 2.24) is 0 Å². The van der Waals surface area contributed by atoms with Crippen molar-refractivity contribution in [3.63, 3.8) is 0 Å². The Morgan fingerprint density at radius 3 is 2.37 bits per heavy atom. The van der Waals surface area contributed by atoms with Crippen LogP contribution in [-0.4, -0.2) is 19.3 Å². The molecule has 2 nitrogen and oxygen atoms in total. The summed E-state index contributed by atoms with van der Waals surface area (Å²) in [6, 6.07) is 7.27. The summed E-state index contributed by atoms with van der Waals surface area (Å²) in [5.74, 6) is -1.19. The molecule has 0 atom stereocenters. The van der Waals surface area contributed by atoms with Crippen molar-refractivity contribution in [2.24, 2.45) is 5.92 Å². The number of hydrogen-bond donors (Lipinski definition) is 0. The highest BCUT2D eigenvalue weighted by atomic mass is 79.9. The number of nitrogens with zero attached hydrogens (tertiary/aromatic N) is 2. The molecule has 1 aromatic carbocycles. The summed E-state index contributed by atoms with van der Waals surface area (Å²) in [5, 5.41) is 8.83. The van der Waals surface area contributed by atoms with Crippen LogP contribution in [0.1, 0.15) is 18.4 Å². The molecule has 19 heavy (non-hydrogen) atoms. The normalized spacial score (nSPS) is 17.3. The zero-order chi connectivity index (χ0) is 14.0. The average Bonchev–Trinajstić information content (AvgIpc) is 2.38. The summed E-state index contributed by atoms with van der Waals surface area (Å²) in [5.41, 5.74) is 1.38. The van der Waals surface area contributed by atoms with E-state index in [-0.39, 0.29) is 12.8 Å². The van der Waals surface area contributed by atoms with Crippen molar-refractivity contribution in [1.29, 1.82) is 5.26 Å². The van der Waals surface area contributed by atoms with Crippen molar-refractivity contribution in [2.75, 3.05) is 18.0 Å². The van der Waals surface area contributed by atoms with Crippen molar-refractivity contribution in [3.8, 4) is 6.07 Å². The fourth-order valence-electron chi connectivity index (χ4n) is 2.26. The number of hydrogen-bond acceptors (Lipinski definition) is 2.